The summed E-state index contributed by atoms with van der Waals surface area (Å²) in [5.41, 5.74) is 7.60. The molecule has 0 bridgehead atoms. The fourth-order valence-corrected chi connectivity index (χ4v) is 5.54. The van der Waals surface area contributed by atoms with Crippen molar-refractivity contribution in [2.75, 3.05) is 23.9 Å². The quantitative estimate of drug-likeness (QED) is 0.280. The van der Waals surface area contributed by atoms with E-state index in [2.05, 4.69) is 28.5 Å². The smallest absolute Gasteiger partial charge is 0.340 e. The van der Waals surface area contributed by atoms with Gasteiger partial charge >= 0.3 is 5.97 Å². The number of nitrogens with two attached hydrogens (primary N) is 1. The Labute approximate surface area is 222 Å². The van der Waals surface area contributed by atoms with Gasteiger partial charge in [0.1, 0.15) is 17.2 Å². The first kappa shape index (κ1) is 25.7. The molecule has 0 radical (unpaired) electrons. The lowest BCUT2D eigenvalue weighted by atomic mass is 9.80. The van der Waals surface area contributed by atoms with Crippen molar-refractivity contribution in [2.24, 2.45) is 5.73 Å². The van der Waals surface area contributed by atoms with E-state index in [-0.39, 0.29) is 11.4 Å². The van der Waals surface area contributed by atoms with Crippen molar-refractivity contribution in [3.8, 4) is 5.88 Å². The monoisotopic (exact) mass is 521 g/mol. The maximum absolute atomic E-state index is 12.6. The summed E-state index contributed by atoms with van der Waals surface area (Å²) in [7, 11) is 0. The summed E-state index contributed by atoms with van der Waals surface area (Å²) in [6, 6.07) is 5.58. The molecule has 1 spiro atoms. The fourth-order valence-electron chi connectivity index (χ4n) is 5.13. The molecule has 1 aliphatic heterocycles. The van der Waals surface area contributed by atoms with E-state index in [0.29, 0.717) is 29.7 Å². The lowest BCUT2D eigenvalue weighted by Gasteiger charge is -2.39. The van der Waals surface area contributed by atoms with Gasteiger partial charge in [-0.25, -0.2) is 19.7 Å². The minimum absolute atomic E-state index is 0.228. The topological polar surface area (TPSA) is 112 Å². The zero-order valence-corrected chi connectivity index (χ0v) is 23.0. The van der Waals surface area contributed by atoms with Gasteiger partial charge in [-0.3, -0.25) is 0 Å². The van der Waals surface area contributed by atoms with E-state index in [1.54, 1.807) is 30.1 Å². The Bertz CT molecular complexity index is 1350. The zero-order valence-electron chi connectivity index (χ0n) is 22.2. The van der Waals surface area contributed by atoms with E-state index >= 15 is 0 Å². The van der Waals surface area contributed by atoms with Crippen LogP contribution in [0.3, 0.4) is 0 Å². The van der Waals surface area contributed by atoms with Gasteiger partial charge in [-0.2, -0.15) is 11.8 Å². The van der Waals surface area contributed by atoms with E-state index in [4.69, 9.17) is 20.2 Å². The van der Waals surface area contributed by atoms with Crippen molar-refractivity contribution in [1.29, 1.82) is 0 Å². The van der Waals surface area contributed by atoms with E-state index in [9.17, 15) is 4.79 Å². The van der Waals surface area contributed by atoms with Crippen LogP contribution < -0.4 is 15.8 Å². The van der Waals surface area contributed by atoms with Crippen LogP contribution in [0.5, 0.6) is 5.88 Å². The number of pyridine rings is 3. The van der Waals surface area contributed by atoms with Crippen molar-refractivity contribution in [1.82, 2.24) is 15.0 Å². The largest absolute Gasteiger partial charge is 0.477 e. The highest BCUT2D eigenvalue weighted by Crippen LogP contribution is 2.59. The van der Waals surface area contributed by atoms with Crippen molar-refractivity contribution in [3.05, 3.63) is 47.4 Å². The summed E-state index contributed by atoms with van der Waals surface area (Å²) < 4.78 is 11.8. The van der Waals surface area contributed by atoms with Gasteiger partial charge in [0.05, 0.1) is 28.7 Å². The molecule has 3 N–H and O–H groups in total. The van der Waals surface area contributed by atoms with E-state index in [1.165, 1.54) is 0 Å². The van der Waals surface area contributed by atoms with Crippen LogP contribution in [-0.4, -0.2) is 45.1 Å². The van der Waals surface area contributed by atoms with Gasteiger partial charge in [-0.05, 0) is 87.6 Å². The Balaban J connectivity index is 1.51. The number of anilines is 2. The van der Waals surface area contributed by atoms with Crippen molar-refractivity contribution in [3.63, 3.8) is 0 Å². The van der Waals surface area contributed by atoms with Crippen molar-refractivity contribution >= 4 is 40.1 Å². The van der Waals surface area contributed by atoms with Gasteiger partial charge in [-0.1, -0.05) is 6.92 Å². The molecule has 8 nitrogen and oxygen atoms in total. The lowest BCUT2D eigenvalue weighted by molar-refractivity contribution is -0.0285. The van der Waals surface area contributed by atoms with Crippen LogP contribution in [0, 0.1) is 0 Å². The molecule has 37 heavy (non-hydrogen) atoms. The molecule has 2 aliphatic rings. The molecule has 0 saturated heterocycles. The maximum Gasteiger partial charge on any atom is 0.340 e. The average molecular weight is 522 g/mol. The normalized spacial score (nSPS) is 18.7. The van der Waals surface area contributed by atoms with Crippen LogP contribution in [-0.2, 0) is 15.7 Å². The van der Waals surface area contributed by atoms with Gasteiger partial charge in [0.2, 0.25) is 5.88 Å². The summed E-state index contributed by atoms with van der Waals surface area (Å²) in [4.78, 5) is 26.8. The van der Waals surface area contributed by atoms with Crippen LogP contribution in [0.4, 0.5) is 11.6 Å². The standard InChI is InChI=1S/C28H35N5O3S/c1-6-27(4,29)20-16-31-24(35-12-7-13-37-5)19-15-30-22(14-18(19)20)32-21-9-8-17-23(33-21)28(10-11-28)26(2,3)36-25(17)34/h8-9,14-16H,6-7,10-13,29H2,1-5H3,(H,30,32,33)/t27-/m1/s1. The van der Waals surface area contributed by atoms with E-state index in [0.717, 1.165) is 53.5 Å². The molecule has 4 heterocycles. The number of nitrogens with zero attached hydrogens (tertiary/aromatic N) is 3. The fraction of sp³-hybridized carbons (Fsp3) is 0.500. The number of carbonyl (C=O) groups excluding carboxylic acids is 1. The number of rotatable bonds is 9. The summed E-state index contributed by atoms with van der Waals surface area (Å²) >= 11 is 1.80. The third-order valence-electron chi connectivity index (χ3n) is 7.89. The lowest BCUT2D eigenvalue weighted by Crippen LogP contribution is -2.46. The number of hydrogen-bond donors (Lipinski definition) is 2. The number of thioether (sulfide) groups is 1. The third-order valence-corrected chi connectivity index (χ3v) is 8.59. The number of ether oxygens (including phenoxy) is 2. The summed E-state index contributed by atoms with van der Waals surface area (Å²) in [6.07, 6.45) is 9.29. The molecule has 3 aromatic heterocycles. The first-order valence-corrected chi connectivity index (χ1v) is 14.2. The van der Waals surface area contributed by atoms with Gasteiger partial charge < -0.3 is 20.5 Å². The zero-order chi connectivity index (χ0) is 26.4. The third kappa shape index (κ3) is 4.52. The number of hydrogen-bond acceptors (Lipinski definition) is 9. The van der Waals surface area contributed by atoms with E-state index < -0.39 is 11.1 Å². The Morgan fingerprint density at radius 3 is 2.68 bits per heavy atom. The molecule has 0 unspecified atom stereocenters. The van der Waals surface area contributed by atoms with Crippen molar-refractivity contribution in [2.45, 2.75) is 69.9 Å². The Morgan fingerprint density at radius 2 is 1.97 bits per heavy atom. The van der Waals surface area contributed by atoms with Gasteiger partial charge in [0, 0.05) is 17.9 Å². The number of carbonyl (C=O) groups is 1. The Morgan fingerprint density at radius 1 is 1.19 bits per heavy atom. The highest BCUT2D eigenvalue weighted by atomic mass is 32.2. The van der Waals surface area contributed by atoms with Crippen LogP contribution in [0.2, 0.25) is 0 Å². The number of aromatic nitrogens is 3. The number of nitrogens with one attached hydrogen (secondary N) is 1. The molecule has 9 heteroatoms. The van der Waals surface area contributed by atoms with Crippen LogP contribution in [0.25, 0.3) is 10.8 Å². The molecule has 196 valence electrons. The first-order chi connectivity index (χ1) is 17.6. The predicted octanol–water partition coefficient (Wildman–Crippen LogP) is 5.46. The summed E-state index contributed by atoms with van der Waals surface area (Å²) in [6.45, 7) is 8.62. The second-order valence-corrected chi connectivity index (χ2v) is 11.7. The minimum Gasteiger partial charge on any atom is -0.477 e. The number of cyclic esters (lactones) is 1. The molecule has 0 amide bonds. The Hall–Kier alpha value is -2.91. The van der Waals surface area contributed by atoms with Crippen LogP contribution in [0.1, 0.15) is 75.0 Å². The number of fused-ring (bicyclic) bond motifs is 3. The summed E-state index contributed by atoms with van der Waals surface area (Å²) in [5, 5.41) is 5.13. The van der Waals surface area contributed by atoms with Gasteiger partial charge in [0.25, 0.3) is 0 Å². The SMILES string of the molecule is CC[C@@](C)(N)c1cnc(OCCCSC)c2cnc(Nc3ccc4c(n3)C3(CC3)C(C)(C)OC4=O)cc12. The molecule has 1 fully saturated rings. The molecular formula is C28H35N5O3S. The average Bonchev–Trinajstić information content (AvgIpc) is 3.68. The molecule has 1 atom stereocenters. The Kier molecular flexibility index (Phi) is 6.56. The van der Waals surface area contributed by atoms with Gasteiger partial charge in [-0.15, -0.1) is 0 Å². The molecule has 3 aromatic rings. The number of esters is 1. The second kappa shape index (κ2) is 9.44. The van der Waals surface area contributed by atoms with Gasteiger partial charge in [0.15, 0.2) is 0 Å². The predicted molar refractivity (Wildman–Crippen MR) is 148 cm³/mol. The second-order valence-electron chi connectivity index (χ2n) is 10.8. The molecule has 1 saturated carbocycles. The van der Waals surface area contributed by atoms with E-state index in [1.807, 2.05) is 33.0 Å². The van der Waals surface area contributed by atoms with Crippen LogP contribution in [0.15, 0.2) is 30.6 Å². The molecule has 5 rings (SSSR count). The maximum atomic E-state index is 12.6. The highest BCUT2D eigenvalue weighted by Gasteiger charge is 2.63. The van der Waals surface area contributed by atoms with Crippen molar-refractivity contribution < 1.29 is 14.3 Å². The molecule has 1 aliphatic carbocycles. The van der Waals surface area contributed by atoms with Crippen LogP contribution >= 0.6 is 11.8 Å². The molecular weight excluding hydrogens is 486 g/mol. The summed E-state index contributed by atoms with van der Waals surface area (Å²) in [5.74, 6) is 2.55. The first-order valence-electron chi connectivity index (χ1n) is 12.8. The molecule has 0 aromatic carbocycles. The minimum atomic E-state index is -0.580. The highest BCUT2D eigenvalue weighted by molar-refractivity contribution is 7.98.